The highest BCUT2D eigenvalue weighted by Gasteiger charge is 2.15. The molecule has 0 radical (unpaired) electrons. The second-order valence-electron chi connectivity index (χ2n) is 5.40. The first-order valence-electron chi connectivity index (χ1n) is 7.49. The van der Waals surface area contributed by atoms with Gasteiger partial charge in [0.25, 0.3) is 0 Å². The molecule has 1 aromatic heterocycles. The first kappa shape index (κ1) is 16.6. The number of carboxylic acid groups (broad SMARTS) is 1. The maximum Gasteiger partial charge on any atom is 0.303 e. The summed E-state index contributed by atoms with van der Waals surface area (Å²) in [5.74, 6) is -0.828. The molecule has 0 saturated carbocycles. The SMILES string of the molecule is O=C(O)CCc1ccc(-c2ccccc2)n1-c1ccc(Cl)cc1Cl. The van der Waals surface area contributed by atoms with E-state index in [9.17, 15) is 4.79 Å². The fourth-order valence-corrected chi connectivity index (χ4v) is 3.18. The number of benzene rings is 2. The van der Waals surface area contributed by atoms with Gasteiger partial charge in [-0.25, -0.2) is 0 Å². The largest absolute Gasteiger partial charge is 0.481 e. The second-order valence-corrected chi connectivity index (χ2v) is 6.24. The molecule has 1 N–H and O–H groups in total. The van der Waals surface area contributed by atoms with E-state index in [2.05, 4.69) is 0 Å². The minimum Gasteiger partial charge on any atom is -0.481 e. The summed E-state index contributed by atoms with van der Waals surface area (Å²) in [4.78, 5) is 11.0. The highest BCUT2D eigenvalue weighted by atomic mass is 35.5. The Morgan fingerprint density at radius 2 is 1.75 bits per heavy atom. The lowest BCUT2D eigenvalue weighted by Gasteiger charge is -2.15. The summed E-state index contributed by atoms with van der Waals surface area (Å²) in [7, 11) is 0. The molecular formula is C19H15Cl2NO2. The molecule has 0 amide bonds. The Morgan fingerprint density at radius 1 is 1.00 bits per heavy atom. The molecule has 0 aliphatic heterocycles. The van der Waals surface area contributed by atoms with Crippen molar-refractivity contribution in [3.63, 3.8) is 0 Å². The zero-order chi connectivity index (χ0) is 17.1. The highest BCUT2D eigenvalue weighted by molar-refractivity contribution is 6.35. The monoisotopic (exact) mass is 359 g/mol. The van der Waals surface area contributed by atoms with Gasteiger partial charge in [0.15, 0.2) is 0 Å². The Labute approximate surface area is 150 Å². The molecule has 3 nitrogen and oxygen atoms in total. The lowest BCUT2D eigenvalue weighted by atomic mass is 10.1. The number of nitrogens with zero attached hydrogens (tertiary/aromatic N) is 1. The molecule has 122 valence electrons. The van der Waals surface area contributed by atoms with Gasteiger partial charge in [-0.05, 0) is 42.3 Å². The molecule has 0 saturated heterocycles. The molecule has 24 heavy (non-hydrogen) atoms. The number of aryl methyl sites for hydroxylation is 1. The Hall–Kier alpha value is -2.23. The van der Waals surface area contributed by atoms with Gasteiger partial charge in [-0.15, -0.1) is 0 Å². The van der Waals surface area contributed by atoms with E-state index in [-0.39, 0.29) is 6.42 Å². The van der Waals surface area contributed by atoms with Crippen molar-refractivity contribution >= 4 is 29.2 Å². The Balaban J connectivity index is 2.15. The predicted octanol–water partition coefficient (Wildman–Crippen LogP) is 5.47. The number of carbonyl (C=O) groups is 1. The number of hydrogen-bond donors (Lipinski definition) is 1. The van der Waals surface area contributed by atoms with E-state index in [0.717, 1.165) is 22.6 Å². The van der Waals surface area contributed by atoms with Crippen molar-refractivity contribution in [3.8, 4) is 16.9 Å². The third-order valence-electron chi connectivity index (χ3n) is 3.78. The Kier molecular flexibility index (Phi) is 4.93. The van der Waals surface area contributed by atoms with Crippen LogP contribution in [0.1, 0.15) is 12.1 Å². The minimum atomic E-state index is -0.828. The number of halogens is 2. The molecule has 1 heterocycles. The summed E-state index contributed by atoms with van der Waals surface area (Å²) in [6.45, 7) is 0. The van der Waals surface area contributed by atoms with Gasteiger partial charge in [0.05, 0.1) is 22.8 Å². The van der Waals surface area contributed by atoms with Crippen LogP contribution >= 0.6 is 23.2 Å². The van der Waals surface area contributed by atoms with Gasteiger partial charge in [-0.2, -0.15) is 0 Å². The van der Waals surface area contributed by atoms with Crippen molar-refractivity contribution in [2.45, 2.75) is 12.8 Å². The smallest absolute Gasteiger partial charge is 0.303 e. The summed E-state index contributed by atoms with van der Waals surface area (Å²) >= 11 is 12.4. The third-order valence-corrected chi connectivity index (χ3v) is 4.31. The van der Waals surface area contributed by atoms with E-state index in [1.165, 1.54) is 0 Å². The Morgan fingerprint density at radius 3 is 2.42 bits per heavy atom. The van der Waals surface area contributed by atoms with E-state index in [0.29, 0.717) is 16.5 Å². The average Bonchev–Trinajstić information content (AvgIpc) is 2.97. The van der Waals surface area contributed by atoms with Crippen LogP contribution in [0.4, 0.5) is 0 Å². The van der Waals surface area contributed by atoms with Crippen LogP contribution in [0.25, 0.3) is 16.9 Å². The van der Waals surface area contributed by atoms with E-state index >= 15 is 0 Å². The maximum absolute atomic E-state index is 11.0. The summed E-state index contributed by atoms with van der Waals surface area (Å²) in [5, 5.41) is 10.1. The molecule has 2 aromatic carbocycles. The molecule has 0 bridgehead atoms. The van der Waals surface area contributed by atoms with Crippen LogP contribution in [-0.2, 0) is 11.2 Å². The lowest BCUT2D eigenvalue weighted by molar-refractivity contribution is -0.136. The standard InChI is InChI=1S/C19H15Cl2NO2/c20-14-6-9-18(16(21)12-14)22-15(8-11-19(23)24)7-10-17(22)13-4-2-1-3-5-13/h1-7,9-10,12H,8,11H2,(H,23,24). The van der Waals surface area contributed by atoms with Gasteiger partial charge in [0.1, 0.15) is 0 Å². The van der Waals surface area contributed by atoms with Crippen molar-refractivity contribution < 1.29 is 9.90 Å². The zero-order valence-corrected chi connectivity index (χ0v) is 14.3. The van der Waals surface area contributed by atoms with Crippen LogP contribution in [0.3, 0.4) is 0 Å². The summed E-state index contributed by atoms with van der Waals surface area (Å²) in [5.41, 5.74) is 3.66. The van der Waals surface area contributed by atoms with E-state index < -0.39 is 5.97 Å². The second kappa shape index (κ2) is 7.12. The molecule has 0 unspecified atom stereocenters. The number of carboxylic acids is 1. The fourth-order valence-electron chi connectivity index (χ4n) is 2.69. The van der Waals surface area contributed by atoms with E-state index in [1.54, 1.807) is 12.1 Å². The van der Waals surface area contributed by atoms with Crippen LogP contribution in [0.2, 0.25) is 10.0 Å². The van der Waals surface area contributed by atoms with Gasteiger partial charge < -0.3 is 9.67 Å². The minimum absolute atomic E-state index is 0.0590. The first-order chi connectivity index (χ1) is 11.6. The molecule has 0 aliphatic carbocycles. The Bertz CT molecular complexity index is 872. The molecular weight excluding hydrogens is 345 g/mol. The number of hydrogen-bond acceptors (Lipinski definition) is 1. The van der Waals surface area contributed by atoms with Crippen LogP contribution in [0.5, 0.6) is 0 Å². The molecule has 0 fully saturated rings. The zero-order valence-electron chi connectivity index (χ0n) is 12.7. The van der Waals surface area contributed by atoms with E-state index in [1.807, 2.05) is 53.1 Å². The fraction of sp³-hybridized carbons (Fsp3) is 0.105. The van der Waals surface area contributed by atoms with Gasteiger partial charge in [0.2, 0.25) is 0 Å². The normalized spacial score (nSPS) is 10.8. The van der Waals surface area contributed by atoms with Crippen molar-refractivity contribution in [1.82, 2.24) is 4.57 Å². The summed E-state index contributed by atoms with van der Waals surface area (Å²) in [6.07, 6.45) is 0.477. The third kappa shape index (κ3) is 3.48. The predicted molar refractivity (Wildman–Crippen MR) is 97.2 cm³/mol. The molecule has 3 rings (SSSR count). The molecule has 5 heteroatoms. The van der Waals surface area contributed by atoms with Crippen molar-refractivity contribution in [2.24, 2.45) is 0 Å². The number of aromatic nitrogens is 1. The first-order valence-corrected chi connectivity index (χ1v) is 8.25. The van der Waals surface area contributed by atoms with Crippen molar-refractivity contribution in [2.75, 3.05) is 0 Å². The topological polar surface area (TPSA) is 42.2 Å². The van der Waals surface area contributed by atoms with Crippen molar-refractivity contribution in [3.05, 3.63) is 76.4 Å². The molecule has 0 aliphatic rings. The van der Waals surface area contributed by atoms with Gasteiger partial charge in [-0.1, -0.05) is 53.5 Å². The van der Waals surface area contributed by atoms with Gasteiger partial charge in [-0.3, -0.25) is 4.79 Å². The molecule has 0 spiro atoms. The molecule has 0 atom stereocenters. The summed E-state index contributed by atoms with van der Waals surface area (Å²) in [6, 6.07) is 19.1. The van der Waals surface area contributed by atoms with Crippen LogP contribution < -0.4 is 0 Å². The van der Waals surface area contributed by atoms with Crippen LogP contribution in [0, 0.1) is 0 Å². The summed E-state index contributed by atoms with van der Waals surface area (Å²) < 4.78 is 2.00. The van der Waals surface area contributed by atoms with Gasteiger partial charge >= 0.3 is 5.97 Å². The lowest BCUT2D eigenvalue weighted by Crippen LogP contribution is -2.05. The quantitative estimate of drug-likeness (QED) is 0.656. The van der Waals surface area contributed by atoms with Crippen molar-refractivity contribution in [1.29, 1.82) is 0 Å². The molecule has 3 aromatic rings. The number of aliphatic carboxylic acids is 1. The average molecular weight is 360 g/mol. The van der Waals surface area contributed by atoms with E-state index in [4.69, 9.17) is 28.3 Å². The number of rotatable bonds is 5. The van der Waals surface area contributed by atoms with Crippen LogP contribution in [0.15, 0.2) is 60.7 Å². The van der Waals surface area contributed by atoms with Gasteiger partial charge in [0, 0.05) is 10.7 Å². The van der Waals surface area contributed by atoms with Crippen LogP contribution in [-0.4, -0.2) is 15.6 Å². The highest BCUT2D eigenvalue weighted by Crippen LogP contribution is 2.32. The maximum atomic E-state index is 11.0.